The Kier molecular flexibility index (Phi) is 5.61. The Hall–Kier alpha value is -4.04. The van der Waals surface area contributed by atoms with Gasteiger partial charge in [-0.05, 0) is 43.7 Å². The lowest BCUT2D eigenvalue weighted by atomic mass is 10.1. The van der Waals surface area contributed by atoms with Gasteiger partial charge in [0.1, 0.15) is 16.2 Å². The Bertz CT molecular complexity index is 1680. The van der Waals surface area contributed by atoms with Crippen LogP contribution in [0.3, 0.4) is 0 Å². The molecule has 0 spiro atoms. The molecular formula is C27H24N4O3S. The van der Waals surface area contributed by atoms with Crippen LogP contribution in [0, 0.1) is 6.92 Å². The molecule has 7 nitrogen and oxygen atoms in total. The van der Waals surface area contributed by atoms with Crippen LogP contribution in [0.5, 0.6) is 0 Å². The molecule has 8 heteroatoms. The highest BCUT2D eigenvalue weighted by Gasteiger charge is 2.33. The van der Waals surface area contributed by atoms with Gasteiger partial charge < -0.3 is 9.88 Å². The zero-order chi connectivity index (χ0) is 24.7. The highest BCUT2D eigenvalue weighted by molar-refractivity contribution is 7.92. The Balaban J connectivity index is 1.92. The van der Waals surface area contributed by atoms with Crippen molar-refractivity contribution in [1.82, 2.24) is 14.5 Å². The minimum atomic E-state index is -4.06. The topological polar surface area (TPSA) is 93.9 Å². The third-order valence-corrected chi connectivity index (χ3v) is 7.83. The molecule has 176 valence electrons. The van der Waals surface area contributed by atoms with Crippen molar-refractivity contribution < 1.29 is 13.2 Å². The number of aromatic nitrogens is 3. The molecule has 1 N–H and O–H groups in total. The van der Waals surface area contributed by atoms with Crippen LogP contribution in [0.15, 0.2) is 88.7 Å². The first-order valence-electron chi connectivity index (χ1n) is 11.2. The zero-order valence-corrected chi connectivity index (χ0v) is 20.4. The van der Waals surface area contributed by atoms with E-state index in [9.17, 15) is 13.2 Å². The van der Waals surface area contributed by atoms with E-state index in [2.05, 4.69) is 5.32 Å². The number of anilines is 1. The number of fused-ring (bicyclic) bond motifs is 2. The summed E-state index contributed by atoms with van der Waals surface area (Å²) in [6.45, 7) is 5.19. The van der Waals surface area contributed by atoms with E-state index < -0.39 is 9.84 Å². The van der Waals surface area contributed by atoms with E-state index in [1.807, 2.05) is 62.4 Å². The van der Waals surface area contributed by atoms with Gasteiger partial charge in [-0.3, -0.25) is 4.79 Å². The van der Waals surface area contributed by atoms with Crippen molar-refractivity contribution in [2.75, 3.05) is 5.32 Å². The normalized spacial score (nSPS) is 12.7. The number of hydrogen-bond donors (Lipinski definition) is 1. The first kappa shape index (κ1) is 22.7. The number of benzene rings is 3. The summed E-state index contributed by atoms with van der Waals surface area (Å²) in [6.07, 6.45) is 0. The fourth-order valence-corrected chi connectivity index (χ4v) is 5.80. The van der Waals surface area contributed by atoms with Gasteiger partial charge in [-0.15, -0.1) is 0 Å². The molecule has 0 radical (unpaired) electrons. The lowest BCUT2D eigenvalue weighted by Gasteiger charge is -2.19. The lowest BCUT2D eigenvalue weighted by molar-refractivity contribution is -0.114. The van der Waals surface area contributed by atoms with Crippen molar-refractivity contribution in [3.05, 3.63) is 90.0 Å². The number of sulfone groups is 1. The summed E-state index contributed by atoms with van der Waals surface area (Å²) in [6, 6.07) is 23.3. The van der Waals surface area contributed by atoms with Crippen molar-refractivity contribution >= 4 is 43.8 Å². The minimum absolute atomic E-state index is 0.0624. The average molecular weight is 485 g/mol. The number of amides is 1. The summed E-state index contributed by atoms with van der Waals surface area (Å²) in [4.78, 5) is 22.0. The molecule has 0 aliphatic rings. The second-order valence-corrected chi connectivity index (χ2v) is 10.4. The fourth-order valence-electron chi connectivity index (χ4n) is 4.27. The van der Waals surface area contributed by atoms with Crippen molar-refractivity contribution in [3.63, 3.8) is 0 Å². The van der Waals surface area contributed by atoms with Gasteiger partial charge in [0.25, 0.3) is 0 Å². The molecule has 0 bridgehead atoms. The molecular weight excluding hydrogens is 460 g/mol. The van der Waals surface area contributed by atoms with E-state index in [4.69, 9.17) is 9.97 Å². The SMILES string of the molecule is CC(=O)Nc1c(S(=O)(=O)c2ccc(C)cc2)c2nc3ccccc3nc2n1C(C)c1ccccc1. The first-order valence-corrected chi connectivity index (χ1v) is 12.7. The zero-order valence-electron chi connectivity index (χ0n) is 19.6. The van der Waals surface area contributed by atoms with Gasteiger partial charge in [-0.2, -0.15) is 0 Å². The molecule has 0 fully saturated rings. The number of rotatable bonds is 5. The second-order valence-electron chi connectivity index (χ2n) is 8.52. The number of nitrogens with one attached hydrogen (secondary N) is 1. The van der Waals surface area contributed by atoms with Gasteiger partial charge in [-0.1, -0.05) is 60.2 Å². The van der Waals surface area contributed by atoms with Crippen LogP contribution in [-0.4, -0.2) is 28.9 Å². The molecule has 3 aromatic carbocycles. The molecule has 0 aliphatic heterocycles. The van der Waals surface area contributed by atoms with E-state index in [0.29, 0.717) is 16.7 Å². The highest BCUT2D eigenvalue weighted by Crippen LogP contribution is 2.40. The molecule has 5 aromatic rings. The molecule has 1 amide bonds. The van der Waals surface area contributed by atoms with E-state index in [-0.39, 0.29) is 33.1 Å². The maximum absolute atomic E-state index is 14.0. The van der Waals surface area contributed by atoms with Crippen LogP contribution in [0.25, 0.3) is 22.2 Å². The maximum atomic E-state index is 14.0. The summed E-state index contributed by atoms with van der Waals surface area (Å²) in [5.74, 6) is -0.237. The number of para-hydroxylation sites is 2. The Morgan fingerprint density at radius 2 is 1.49 bits per heavy atom. The monoisotopic (exact) mass is 484 g/mol. The van der Waals surface area contributed by atoms with Crippen molar-refractivity contribution in [1.29, 1.82) is 0 Å². The predicted molar refractivity (Wildman–Crippen MR) is 136 cm³/mol. The molecule has 5 rings (SSSR count). The van der Waals surface area contributed by atoms with Gasteiger partial charge in [0, 0.05) is 6.92 Å². The third-order valence-electron chi connectivity index (χ3n) is 6.02. The number of hydrogen-bond acceptors (Lipinski definition) is 5. The number of nitrogens with zero attached hydrogens (tertiary/aromatic N) is 3. The summed E-state index contributed by atoms with van der Waals surface area (Å²) in [5, 5.41) is 2.79. The Labute approximate surface area is 203 Å². The van der Waals surface area contributed by atoms with Gasteiger partial charge >= 0.3 is 0 Å². The smallest absolute Gasteiger partial charge is 0.222 e. The molecule has 0 saturated carbocycles. The van der Waals surface area contributed by atoms with Crippen molar-refractivity contribution in [2.24, 2.45) is 0 Å². The Morgan fingerprint density at radius 3 is 2.11 bits per heavy atom. The molecule has 35 heavy (non-hydrogen) atoms. The maximum Gasteiger partial charge on any atom is 0.222 e. The van der Waals surface area contributed by atoms with Gasteiger partial charge in [0.2, 0.25) is 15.7 Å². The van der Waals surface area contributed by atoms with Crippen LogP contribution >= 0.6 is 0 Å². The molecule has 2 aromatic heterocycles. The fraction of sp³-hybridized carbons (Fsp3) is 0.148. The van der Waals surface area contributed by atoms with Crippen LogP contribution < -0.4 is 5.32 Å². The standard InChI is InChI=1S/C27H24N4O3S/c1-17-13-15-21(16-14-17)35(33,34)25-24-26(30-23-12-8-7-11-22(23)29-24)31(27(25)28-19(3)32)18(2)20-9-5-4-6-10-20/h4-16,18H,1-3H3,(H,28,32). The van der Waals surface area contributed by atoms with E-state index >= 15 is 0 Å². The molecule has 2 heterocycles. The summed E-state index contributed by atoms with van der Waals surface area (Å²) in [7, 11) is -4.06. The molecule has 0 aliphatic carbocycles. The average Bonchev–Trinajstić information content (AvgIpc) is 3.15. The van der Waals surface area contributed by atoms with Crippen LogP contribution in [-0.2, 0) is 14.6 Å². The third kappa shape index (κ3) is 3.95. The molecule has 1 unspecified atom stereocenters. The quantitative estimate of drug-likeness (QED) is 0.366. The second kappa shape index (κ2) is 8.63. The van der Waals surface area contributed by atoms with Gasteiger partial charge in [0.05, 0.1) is 22.0 Å². The van der Waals surface area contributed by atoms with Crippen molar-refractivity contribution in [2.45, 2.75) is 36.6 Å². The number of carbonyl (C=O) groups is 1. The van der Waals surface area contributed by atoms with Crippen LogP contribution in [0.4, 0.5) is 5.82 Å². The van der Waals surface area contributed by atoms with Crippen molar-refractivity contribution in [3.8, 4) is 0 Å². The van der Waals surface area contributed by atoms with E-state index in [0.717, 1.165) is 11.1 Å². The van der Waals surface area contributed by atoms with E-state index in [1.54, 1.807) is 34.9 Å². The van der Waals surface area contributed by atoms with Gasteiger partial charge in [0.15, 0.2) is 5.65 Å². The van der Waals surface area contributed by atoms with E-state index in [1.165, 1.54) is 6.92 Å². The van der Waals surface area contributed by atoms with Crippen LogP contribution in [0.1, 0.15) is 31.0 Å². The lowest BCUT2D eigenvalue weighted by Crippen LogP contribution is -2.17. The first-order chi connectivity index (χ1) is 16.8. The molecule has 1 atom stereocenters. The predicted octanol–water partition coefficient (Wildman–Crippen LogP) is 5.29. The van der Waals surface area contributed by atoms with Gasteiger partial charge in [-0.25, -0.2) is 18.4 Å². The Morgan fingerprint density at radius 1 is 0.886 bits per heavy atom. The number of carbonyl (C=O) groups excluding carboxylic acids is 1. The largest absolute Gasteiger partial charge is 0.311 e. The molecule has 0 saturated heterocycles. The minimum Gasteiger partial charge on any atom is -0.311 e. The number of aryl methyl sites for hydroxylation is 1. The summed E-state index contributed by atoms with van der Waals surface area (Å²) >= 11 is 0. The summed E-state index contributed by atoms with van der Waals surface area (Å²) in [5.41, 5.74) is 3.68. The summed E-state index contributed by atoms with van der Waals surface area (Å²) < 4.78 is 29.8. The highest BCUT2D eigenvalue weighted by atomic mass is 32.2. The van der Waals surface area contributed by atoms with Crippen LogP contribution in [0.2, 0.25) is 0 Å².